The van der Waals surface area contributed by atoms with Crippen LogP contribution in [0.2, 0.25) is 0 Å². The van der Waals surface area contributed by atoms with Gasteiger partial charge in [-0.05, 0) is 55.6 Å². The highest BCUT2D eigenvalue weighted by Gasteiger charge is 2.11. The van der Waals surface area contributed by atoms with Crippen LogP contribution in [-0.2, 0) is 17.7 Å². The van der Waals surface area contributed by atoms with Gasteiger partial charge in [-0.3, -0.25) is 4.90 Å². The third kappa shape index (κ3) is 5.48. The molecular weight excluding hydrogens is 344 g/mol. The monoisotopic (exact) mass is 372 g/mol. The van der Waals surface area contributed by atoms with E-state index in [1.807, 2.05) is 19.2 Å². The summed E-state index contributed by atoms with van der Waals surface area (Å²) < 4.78 is 11.6. The Balaban J connectivity index is 1.70. The first kappa shape index (κ1) is 19.2. The van der Waals surface area contributed by atoms with Crippen molar-refractivity contribution in [2.45, 2.75) is 17.9 Å². The zero-order valence-corrected chi connectivity index (χ0v) is 16.5. The molecule has 2 aromatic rings. The number of benzene rings is 2. The number of nitrogens with zero attached hydrogens (tertiary/aromatic N) is 1. The predicted octanol–water partition coefficient (Wildman–Crippen LogP) is 3.79. The molecule has 0 radical (unpaired) electrons. The van der Waals surface area contributed by atoms with Crippen LogP contribution >= 0.6 is 11.8 Å². The molecule has 0 spiro atoms. The Hall–Kier alpha value is -1.53. The Bertz CT molecular complexity index is 685. The first-order valence-corrected chi connectivity index (χ1v) is 10.4. The Morgan fingerprint density at radius 1 is 1.12 bits per heavy atom. The lowest BCUT2D eigenvalue weighted by Gasteiger charge is -2.26. The average molecular weight is 373 g/mol. The summed E-state index contributed by atoms with van der Waals surface area (Å²) >= 11 is 1.74. The largest absolute Gasteiger partial charge is 0.457 e. The SMILES string of the molecule is CNCc1ccc(CCN2CCOCC2)cc1Oc1ccc(SC)cc1. The van der Waals surface area contributed by atoms with Crippen LogP contribution in [0.15, 0.2) is 47.4 Å². The number of rotatable bonds is 8. The van der Waals surface area contributed by atoms with Crippen LogP contribution in [0.1, 0.15) is 11.1 Å². The van der Waals surface area contributed by atoms with Gasteiger partial charge in [0, 0.05) is 36.6 Å². The van der Waals surface area contributed by atoms with Crippen LogP contribution in [0.5, 0.6) is 11.5 Å². The Morgan fingerprint density at radius 2 is 1.88 bits per heavy atom. The zero-order valence-electron chi connectivity index (χ0n) is 15.7. The minimum Gasteiger partial charge on any atom is -0.457 e. The maximum absolute atomic E-state index is 6.21. The summed E-state index contributed by atoms with van der Waals surface area (Å²) in [5, 5.41) is 3.23. The molecule has 26 heavy (non-hydrogen) atoms. The summed E-state index contributed by atoms with van der Waals surface area (Å²) in [6, 6.07) is 14.9. The Morgan fingerprint density at radius 3 is 2.58 bits per heavy atom. The molecule has 3 rings (SSSR count). The van der Waals surface area contributed by atoms with E-state index in [1.54, 1.807) is 11.8 Å². The van der Waals surface area contributed by atoms with E-state index >= 15 is 0 Å². The van der Waals surface area contributed by atoms with E-state index in [-0.39, 0.29) is 0 Å². The van der Waals surface area contributed by atoms with Gasteiger partial charge in [-0.25, -0.2) is 0 Å². The molecule has 2 aromatic carbocycles. The van der Waals surface area contributed by atoms with E-state index in [0.717, 1.165) is 57.3 Å². The van der Waals surface area contributed by atoms with Crippen molar-refractivity contribution in [3.63, 3.8) is 0 Å². The number of hydrogen-bond acceptors (Lipinski definition) is 5. The van der Waals surface area contributed by atoms with Crippen LogP contribution in [0.4, 0.5) is 0 Å². The molecule has 4 nitrogen and oxygen atoms in total. The quantitative estimate of drug-likeness (QED) is 0.713. The van der Waals surface area contributed by atoms with E-state index in [1.165, 1.54) is 16.0 Å². The molecule has 1 saturated heterocycles. The standard InChI is InChI=1S/C21H28N2O2S/c1-22-16-18-4-3-17(9-10-23-11-13-24-14-12-23)15-21(18)25-19-5-7-20(26-2)8-6-19/h3-8,15,22H,9-14,16H2,1-2H3. The second kappa shape index (κ2) is 9.97. The minimum absolute atomic E-state index is 0.794. The normalized spacial score (nSPS) is 15.2. The highest BCUT2D eigenvalue weighted by Crippen LogP contribution is 2.28. The van der Waals surface area contributed by atoms with Crippen LogP contribution in [0, 0.1) is 0 Å². The van der Waals surface area contributed by atoms with Gasteiger partial charge in [0.1, 0.15) is 11.5 Å². The Kier molecular flexibility index (Phi) is 7.38. The van der Waals surface area contributed by atoms with Crippen molar-refractivity contribution in [2.24, 2.45) is 0 Å². The molecule has 0 aliphatic carbocycles. The molecule has 1 aliphatic rings. The molecular formula is C21H28N2O2S. The summed E-state index contributed by atoms with van der Waals surface area (Å²) in [6.45, 7) is 5.62. The van der Waals surface area contributed by atoms with Gasteiger partial charge in [-0.1, -0.05) is 12.1 Å². The fourth-order valence-electron chi connectivity index (χ4n) is 3.07. The van der Waals surface area contributed by atoms with Crippen LogP contribution in [0.3, 0.4) is 0 Å². The van der Waals surface area contributed by atoms with Crippen molar-refractivity contribution in [3.8, 4) is 11.5 Å². The number of hydrogen-bond donors (Lipinski definition) is 1. The maximum atomic E-state index is 6.21. The predicted molar refractivity (Wildman–Crippen MR) is 108 cm³/mol. The molecule has 1 aliphatic heterocycles. The molecule has 0 amide bonds. The molecule has 0 atom stereocenters. The summed E-state index contributed by atoms with van der Waals surface area (Å²) in [5.41, 5.74) is 2.49. The van der Waals surface area contributed by atoms with Gasteiger partial charge in [0.25, 0.3) is 0 Å². The topological polar surface area (TPSA) is 33.7 Å². The average Bonchev–Trinajstić information content (AvgIpc) is 2.69. The van der Waals surface area contributed by atoms with E-state index in [0.29, 0.717) is 0 Å². The van der Waals surface area contributed by atoms with E-state index in [9.17, 15) is 0 Å². The molecule has 5 heteroatoms. The molecule has 0 unspecified atom stereocenters. The van der Waals surface area contributed by atoms with Crippen LogP contribution in [0.25, 0.3) is 0 Å². The fourth-order valence-corrected chi connectivity index (χ4v) is 3.48. The van der Waals surface area contributed by atoms with E-state index in [4.69, 9.17) is 9.47 Å². The lowest BCUT2D eigenvalue weighted by molar-refractivity contribution is 0.0384. The Labute approximate surface area is 160 Å². The van der Waals surface area contributed by atoms with Crippen molar-refractivity contribution >= 4 is 11.8 Å². The van der Waals surface area contributed by atoms with Gasteiger partial charge in [0.15, 0.2) is 0 Å². The molecule has 0 bridgehead atoms. The summed E-state index contributed by atoms with van der Waals surface area (Å²) in [7, 11) is 1.96. The van der Waals surface area contributed by atoms with Crippen molar-refractivity contribution in [1.29, 1.82) is 0 Å². The van der Waals surface area contributed by atoms with Crippen molar-refractivity contribution < 1.29 is 9.47 Å². The molecule has 1 fully saturated rings. The van der Waals surface area contributed by atoms with Crippen LogP contribution < -0.4 is 10.1 Å². The third-order valence-electron chi connectivity index (χ3n) is 4.61. The number of thioether (sulfide) groups is 1. The third-order valence-corrected chi connectivity index (χ3v) is 5.35. The lowest BCUT2D eigenvalue weighted by Crippen LogP contribution is -2.37. The van der Waals surface area contributed by atoms with Crippen molar-refractivity contribution in [2.75, 3.05) is 46.2 Å². The van der Waals surface area contributed by atoms with Gasteiger partial charge >= 0.3 is 0 Å². The highest BCUT2D eigenvalue weighted by atomic mass is 32.2. The smallest absolute Gasteiger partial charge is 0.132 e. The lowest BCUT2D eigenvalue weighted by atomic mass is 10.1. The molecule has 0 saturated carbocycles. The number of ether oxygens (including phenoxy) is 2. The van der Waals surface area contributed by atoms with Gasteiger partial charge < -0.3 is 14.8 Å². The van der Waals surface area contributed by atoms with Crippen LogP contribution in [-0.4, -0.2) is 51.1 Å². The molecule has 1 N–H and O–H groups in total. The molecule has 1 heterocycles. The summed E-state index contributed by atoms with van der Waals surface area (Å²) in [5.74, 6) is 1.82. The first-order valence-electron chi connectivity index (χ1n) is 9.17. The van der Waals surface area contributed by atoms with Gasteiger partial charge in [-0.15, -0.1) is 11.8 Å². The number of morpholine rings is 1. The van der Waals surface area contributed by atoms with E-state index < -0.39 is 0 Å². The molecule has 0 aromatic heterocycles. The fraction of sp³-hybridized carbons (Fsp3) is 0.429. The van der Waals surface area contributed by atoms with Gasteiger partial charge in [-0.2, -0.15) is 0 Å². The minimum atomic E-state index is 0.794. The summed E-state index contributed by atoms with van der Waals surface area (Å²) in [6.07, 6.45) is 3.11. The van der Waals surface area contributed by atoms with Gasteiger partial charge in [0.05, 0.1) is 13.2 Å². The second-order valence-electron chi connectivity index (χ2n) is 6.45. The maximum Gasteiger partial charge on any atom is 0.132 e. The van der Waals surface area contributed by atoms with Crippen molar-refractivity contribution in [1.82, 2.24) is 10.2 Å². The summed E-state index contributed by atoms with van der Waals surface area (Å²) in [4.78, 5) is 3.71. The van der Waals surface area contributed by atoms with E-state index in [2.05, 4.69) is 46.8 Å². The number of nitrogens with one attached hydrogen (secondary N) is 1. The first-order chi connectivity index (χ1) is 12.8. The molecule has 140 valence electrons. The zero-order chi connectivity index (χ0) is 18.2. The van der Waals surface area contributed by atoms with Gasteiger partial charge in [0.2, 0.25) is 0 Å². The van der Waals surface area contributed by atoms with Crippen molar-refractivity contribution in [3.05, 3.63) is 53.6 Å². The highest BCUT2D eigenvalue weighted by molar-refractivity contribution is 7.98. The second-order valence-corrected chi connectivity index (χ2v) is 7.33.